The van der Waals surface area contributed by atoms with E-state index in [2.05, 4.69) is 15.0 Å². The smallest absolute Gasteiger partial charge is 0.348 e. The summed E-state index contributed by atoms with van der Waals surface area (Å²) >= 11 is 5.47. The number of pyridine rings is 1. The minimum Gasteiger partial charge on any atom is -0.480 e. The zero-order valence-corrected chi connectivity index (χ0v) is 8.30. The molecule has 0 spiro atoms. The van der Waals surface area contributed by atoms with E-state index in [0.717, 1.165) is 0 Å². The lowest BCUT2D eigenvalue weighted by molar-refractivity contribution is 0.400. The van der Waals surface area contributed by atoms with Crippen molar-refractivity contribution < 1.29 is 9.13 Å². The Bertz CT molecular complexity index is 584. The third-order valence-electron chi connectivity index (χ3n) is 1.84. The van der Waals surface area contributed by atoms with Gasteiger partial charge in [0, 0.05) is 6.20 Å². The third kappa shape index (κ3) is 1.52. The zero-order chi connectivity index (χ0) is 11.0. The van der Waals surface area contributed by atoms with Crippen LogP contribution < -0.4 is 10.4 Å². The summed E-state index contributed by atoms with van der Waals surface area (Å²) in [6.45, 7) is 0. The standard InChI is InChI=1S/C8H5ClFN3O2/c1-15-7-3-2-11-6(9)4(10)5(3)12-8(14)13-7/h2H,1H3,(H,12,13,14). The van der Waals surface area contributed by atoms with Crippen molar-refractivity contribution in [3.8, 4) is 5.88 Å². The third-order valence-corrected chi connectivity index (χ3v) is 2.10. The maximum atomic E-state index is 13.4. The Morgan fingerprint density at radius 1 is 1.60 bits per heavy atom. The van der Waals surface area contributed by atoms with Gasteiger partial charge >= 0.3 is 5.69 Å². The number of halogens is 2. The van der Waals surface area contributed by atoms with Gasteiger partial charge in [0.1, 0.15) is 0 Å². The Hall–Kier alpha value is -1.69. The lowest BCUT2D eigenvalue weighted by Gasteiger charge is -2.03. The monoisotopic (exact) mass is 229 g/mol. The molecule has 0 aliphatic carbocycles. The van der Waals surface area contributed by atoms with Gasteiger partial charge in [-0.25, -0.2) is 14.2 Å². The number of rotatable bonds is 1. The molecule has 0 amide bonds. The van der Waals surface area contributed by atoms with Crippen molar-refractivity contribution in [3.05, 3.63) is 27.7 Å². The van der Waals surface area contributed by atoms with Crippen molar-refractivity contribution >= 4 is 22.5 Å². The summed E-state index contributed by atoms with van der Waals surface area (Å²) in [4.78, 5) is 20.4. The first-order valence-corrected chi connectivity index (χ1v) is 4.29. The Labute approximate surface area is 87.9 Å². The second-order valence-electron chi connectivity index (χ2n) is 2.70. The molecule has 2 aromatic rings. The lowest BCUT2D eigenvalue weighted by atomic mass is 10.3. The molecule has 0 fully saturated rings. The number of methoxy groups -OCH3 is 1. The van der Waals surface area contributed by atoms with Gasteiger partial charge in [-0.15, -0.1) is 0 Å². The Morgan fingerprint density at radius 2 is 2.33 bits per heavy atom. The SMILES string of the molecule is COc1nc(=O)[nH]c2c(F)c(Cl)ncc12. The maximum Gasteiger partial charge on any atom is 0.348 e. The first kappa shape index (κ1) is 9.85. The topological polar surface area (TPSA) is 67.9 Å². The number of ether oxygens (including phenoxy) is 1. The number of H-pyrrole nitrogens is 1. The Morgan fingerprint density at radius 3 is 3.00 bits per heavy atom. The molecule has 2 aromatic heterocycles. The fraction of sp³-hybridized carbons (Fsp3) is 0.125. The molecule has 2 rings (SSSR count). The zero-order valence-electron chi connectivity index (χ0n) is 7.54. The molecule has 1 N–H and O–H groups in total. The molecule has 0 unspecified atom stereocenters. The summed E-state index contributed by atoms with van der Waals surface area (Å²) in [6, 6.07) is 0. The minimum atomic E-state index is -0.799. The second kappa shape index (κ2) is 3.47. The van der Waals surface area contributed by atoms with Gasteiger partial charge in [-0.2, -0.15) is 4.98 Å². The van der Waals surface area contributed by atoms with Gasteiger partial charge in [-0.1, -0.05) is 11.6 Å². The van der Waals surface area contributed by atoms with E-state index in [1.807, 2.05) is 0 Å². The van der Waals surface area contributed by atoms with Gasteiger partial charge < -0.3 is 9.72 Å². The summed E-state index contributed by atoms with van der Waals surface area (Å²) in [5, 5.41) is -0.0506. The van der Waals surface area contributed by atoms with E-state index in [1.165, 1.54) is 13.3 Å². The Balaban J connectivity index is 2.96. The van der Waals surface area contributed by atoms with Crippen LogP contribution in [0.4, 0.5) is 4.39 Å². The summed E-state index contributed by atoms with van der Waals surface area (Å²) in [7, 11) is 1.33. The van der Waals surface area contributed by atoms with Gasteiger partial charge in [0.2, 0.25) is 5.88 Å². The van der Waals surface area contributed by atoms with Crippen molar-refractivity contribution in [2.24, 2.45) is 0 Å². The molecule has 15 heavy (non-hydrogen) atoms. The lowest BCUT2D eigenvalue weighted by Crippen LogP contribution is -2.12. The summed E-state index contributed by atoms with van der Waals surface area (Å²) < 4.78 is 18.3. The Kier molecular flexibility index (Phi) is 2.28. The largest absolute Gasteiger partial charge is 0.480 e. The van der Waals surface area contributed by atoms with Gasteiger partial charge in [0.25, 0.3) is 0 Å². The quantitative estimate of drug-likeness (QED) is 0.744. The van der Waals surface area contributed by atoms with E-state index in [0.29, 0.717) is 0 Å². The summed E-state index contributed by atoms with van der Waals surface area (Å²) in [5.41, 5.74) is -0.771. The van der Waals surface area contributed by atoms with Crippen molar-refractivity contribution in [1.82, 2.24) is 15.0 Å². The number of hydrogen-bond acceptors (Lipinski definition) is 4. The van der Waals surface area contributed by atoms with Gasteiger partial charge in [0.15, 0.2) is 11.0 Å². The molecular weight excluding hydrogens is 225 g/mol. The second-order valence-corrected chi connectivity index (χ2v) is 3.06. The molecule has 0 aliphatic heterocycles. The van der Waals surface area contributed by atoms with Crippen LogP contribution in [0.1, 0.15) is 0 Å². The van der Waals surface area contributed by atoms with Gasteiger partial charge in [-0.3, -0.25) is 0 Å². The van der Waals surface area contributed by atoms with E-state index >= 15 is 0 Å². The highest BCUT2D eigenvalue weighted by atomic mass is 35.5. The van der Waals surface area contributed by atoms with Crippen LogP contribution in [0.3, 0.4) is 0 Å². The highest BCUT2D eigenvalue weighted by Crippen LogP contribution is 2.24. The number of nitrogens with one attached hydrogen (secondary N) is 1. The fourth-order valence-electron chi connectivity index (χ4n) is 1.19. The van der Waals surface area contributed by atoms with Crippen LogP contribution in [0.15, 0.2) is 11.0 Å². The van der Waals surface area contributed by atoms with E-state index < -0.39 is 11.5 Å². The molecule has 0 aliphatic rings. The molecule has 0 bridgehead atoms. The highest BCUT2D eigenvalue weighted by Gasteiger charge is 2.12. The van der Waals surface area contributed by atoms with Crippen molar-refractivity contribution in [1.29, 1.82) is 0 Å². The predicted octanol–water partition coefficient (Wildman–Crippen LogP) is 1.12. The van der Waals surface area contributed by atoms with E-state index in [9.17, 15) is 9.18 Å². The molecule has 0 radical (unpaired) electrons. The van der Waals surface area contributed by atoms with Crippen molar-refractivity contribution in [2.75, 3.05) is 7.11 Å². The first-order valence-electron chi connectivity index (χ1n) is 3.91. The van der Waals surface area contributed by atoms with E-state index in [-0.39, 0.29) is 21.9 Å². The minimum absolute atomic E-state index is 0.0109. The van der Waals surface area contributed by atoms with E-state index in [4.69, 9.17) is 16.3 Å². The molecule has 7 heteroatoms. The molecule has 0 saturated carbocycles. The van der Waals surface area contributed by atoms with Crippen LogP contribution in [0, 0.1) is 5.82 Å². The van der Waals surface area contributed by atoms with Crippen molar-refractivity contribution in [2.45, 2.75) is 0 Å². The van der Waals surface area contributed by atoms with Gasteiger partial charge in [0.05, 0.1) is 18.0 Å². The molecule has 5 nitrogen and oxygen atoms in total. The molecule has 78 valence electrons. The van der Waals surface area contributed by atoms with Crippen LogP contribution in [0.25, 0.3) is 10.9 Å². The normalized spacial score (nSPS) is 10.6. The molecular formula is C8H5ClFN3O2. The predicted molar refractivity (Wildman–Crippen MR) is 51.7 cm³/mol. The number of hydrogen-bond donors (Lipinski definition) is 1. The van der Waals surface area contributed by atoms with Crippen LogP contribution in [-0.4, -0.2) is 22.1 Å². The molecule has 0 atom stereocenters. The first-order chi connectivity index (χ1) is 7.13. The average Bonchev–Trinajstić information content (AvgIpc) is 2.23. The molecule has 2 heterocycles. The van der Waals surface area contributed by atoms with Gasteiger partial charge in [-0.05, 0) is 0 Å². The summed E-state index contributed by atoms with van der Waals surface area (Å²) in [6.07, 6.45) is 1.28. The number of aromatic nitrogens is 3. The summed E-state index contributed by atoms with van der Waals surface area (Å²) in [5.74, 6) is -0.788. The molecule has 0 aromatic carbocycles. The van der Waals surface area contributed by atoms with Crippen molar-refractivity contribution in [3.63, 3.8) is 0 Å². The van der Waals surface area contributed by atoms with Crippen LogP contribution in [0.2, 0.25) is 5.15 Å². The fourth-order valence-corrected chi connectivity index (χ4v) is 1.33. The maximum absolute atomic E-state index is 13.4. The highest BCUT2D eigenvalue weighted by molar-refractivity contribution is 6.30. The van der Waals surface area contributed by atoms with Crippen LogP contribution >= 0.6 is 11.6 Å². The number of fused-ring (bicyclic) bond motifs is 1. The average molecular weight is 230 g/mol. The number of aromatic amines is 1. The van der Waals surface area contributed by atoms with Crippen LogP contribution in [-0.2, 0) is 0 Å². The molecule has 0 saturated heterocycles. The van der Waals surface area contributed by atoms with E-state index in [1.54, 1.807) is 0 Å². The number of nitrogens with zero attached hydrogens (tertiary/aromatic N) is 2. The van der Waals surface area contributed by atoms with Crippen LogP contribution in [0.5, 0.6) is 5.88 Å².